The maximum absolute atomic E-state index is 9.91. The van der Waals surface area contributed by atoms with Crippen molar-refractivity contribution in [1.82, 2.24) is 4.98 Å². The monoisotopic (exact) mass is 357 g/mol. The van der Waals surface area contributed by atoms with Gasteiger partial charge in [0.2, 0.25) is 0 Å². The highest BCUT2D eigenvalue weighted by atomic mass is 35.5. The van der Waals surface area contributed by atoms with Crippen molar-refractivity contribution in [2.24, 2.45) is 16.1 Å². The van der Waals surface area contributed by atoms with Crippen molar-refractivity contribution in [3.63, 3.8) is 0 Å². The molecule has 130 valence electrons. The van der Waals surface area contributed by atoms with Crippen molar-refractivity contribution in [2.75, 3.05) is 13.2 Å². The Labute approximate surface area is 151 Å². The molecule has 5 nitrogen and oxygen atoms in total. The number of hydrogen-bond donors (Lipinski definition) is 2. The molecule has 6 heteroatoms. The average molecular weight is 358 g/mol. The van der Waals surface area contributed by atoms with E-state index >= 15 is 0 Å². The Hall–Kier alpha value is -2.11. The number of fused-ring (bicyclic) bond motifs is 2. The predicted octanol–water partition coefficient (Wildman–Crippen LogP) is 2.89. The minimum Gasteiger partial charge on any atom is -0.462 e. The largest absolute Gasteiger partial charge is 0.462 e. The minimum absolute atomic E-state index is 0.101. The van der Waals surface area contributed by atoms with Crippen LogP contribution in [0.25, 0.3) is 11.1 Å². The van der Waals surface area contributed by atoms with E-state index in [1.165, 1.54) is 5.56 Å². The third-order valence-electron chi connectivity index (χ3n) is 5.15. The lowest BCUT2D eigenvalue weighted by atomic mass is 9.65. The van der Waals surface area contributed by atoms with E-state index in [1.807, 2.05) is 6.07 Å². The van der Waals surface area contributed by atoms with Gasteiger partial charge in [-0.2, -0.15) is 0 Å². The van der Waals surface area contributed by atoms with Gasteiger partial charge < -0.3 is 15.6 Å². The van der Waals surface area contributed by atoms with Gasteiger partial charge in [-0.15, -0.1) is 0 Å². The number of aliphatic hydroxyl groups excluding tert-OH is 1. The van der Waals surface area contributed by atoms with E-state index in [-0.39, 0.29) is 18.0 Å². The summed E-state index contributed by atoms with van der Waals surface area (Å²) in [5.41, 5.74) is 9.31. The predicted molar refractivity (Wildman–Crippen MR) is 97.4 cm³/mol. The lowest BCUT2D eigenvalue weighted by Crippen LogP contribution is -2.42. The number of nitrogens with zero attached hydrogens (tertiary/aromatic N) is 2. The number of amidine groups is 1. The molecule has 2 aliphatic rings. The van der Waals surface area contributed by atoms with Crippen LogP contribution >= 0.6 is 11.6 Å². The highest BCUT2D eigenvalue weighted by molar-refractivity contribution is 6.30. The highest BCUT2D eigenvalue weighted by Crippen LogP contribution is 2.49. The van der Waals surface area contributed by atoms with Gasteiger partial charge in [-0.05, 0) is 47.1 Å². The van der Waals surface area contributed by atoms with Crippen LogP contribution in [0.3, 0.4) is 0 Å². The number of pyridine rings is 1. The molecular weight excluding hydrogens is 338 g/mol. The SMILES string of the molecule is C[C@@]1(CO)Cc2ccc(-c3cncc(Cl)c3)cc2[C@]2(COC(N)=N2)C1. The molecule has 2 heterocycles. The van der Waals surface area contributed by atoms with Crippen LogP contribution < -0.4 is 5.73 Å². The van der Waals surface area contributed by atoms with E-state index in [0.29, 0.717) is 18.1 Å². The molecule has 0 fully saturated rings. The van der Waals surface area contributed by atoms with Crippen molar-refractivity contribution in [3.05, 3.63) is 52.8 Å². The third kappa shape index (κ3) is 2.77. The van der Waals surface area contributed by atoms with E-state index < -0.39 is 5.54 Å². The van der Waals surface area contributed by atoms with Gasteiger partial charge in [-0.3, -0.25) is 4.98 Å². The summed E-state index contributed by atoms with van der Waals surface area (Å²) in [7, 11) is 0. The normalized spacial score (nSPS) is 27.7. The smallest absolute Gasteiger partial charge is 0.283 e. The number of halogens is 1. The van der Waals surface area contributed by atoms with Crippen molar-refractivity contribution >= 4 is 17.6 Å². The second kappa shape index (κ2) is 5.71. The number of aliphatic imine (C=N–C) groups is 1. The maximum atomic E-state index is 9.91. The van der Waals surface area contributed by atoms with Gasteiger partial charge in [-0.25, -0.2) is 4.99 Å². The fourth-order valence-corrected chi connectivity index (χ4v) is 4.22. The molecule has 4 rings (SSSR count). The van der Waals surface area contributed by atoms with Gasteiger partial charge in [0.25, 0.3) is 6.02 Å². The Balaban J connectivity index is 1.86. The topological polar surface area (TPSA) is 80.7 Å². The van der Waals surface area contributed by atoms with Gasteiger partial charge in [0.1, 0.15) is 12.1 Å². The van der Waals surface area contributed by atoms with Crippen LogP contribution in [0, 0.1) is 5.41 Å². The number of rotatable bonds is 2. The van der Waals surface area contributed by atoms with E-state index in [9.17, 15) is 5.11 Å². The van der Waals surface area contributed by atoms with E-state index in [1.54, 1.807) is 12.4 Å². The van der Waals surface area contributed by atoms with Gasteiger partial charge in [0, 0.05) is 24.6 Å². The lowest BCUT2D eigenvalue weighted by molar-refractivity contribution is 0.0801. The standard InChI is InChI=1S/C19H20ClN3O2/c1-18(10-24)6-13-3-2-12(14-4-15(20)8-22-7-14)5-16(13)19(9-18)11-25-17(21)23-19/h2-5,7-8,24H,6,9-11H2,1H3,(H2,21,23)/t18-,19-/m1/s1. The molecule has 1 aliphatic heterocycles. The summed E-state index contributed by atoms with van der Waals surface area (Å²) in [6.07, 6.45) is 4.91. The quantitative estimate of drug-likeness (QED) is 0.866. The molecule has 0 saturated heterocycles. The molecule has 0 saturated carbocycles. The highest BCUT2D eigenvalue weighted by Gasteiger charge is 2.48. The average Bonchev–Trinajstić information content (AvgIpc) is 2.95. The minimum atomic E-state index is -0.544. The molecular formula is C19H20ClN3O2. The van der Waals surface area contributed by atoms with Gasteiger partial charge in [0.05, 0.1) is 5.02 Å². The molecule has 1 aromatic heterocycles. The van der Waals surface area contributed by atoms with Crippen LogP contribution in [-0.4, -0.2) is 29.3 Å². The molecule has 0 radical (unpaired) electrons. The molecule has 1 spiro atoms. The zero-order chi connectivity index (χ0) is 17.7. The Morgan fingerprint density at radius 3 is 2.80 bits per heavy atom. The van der Waals surface area contributed by atoms with Gasteiger partial charge in [0.15, 0.2) is 0 Å². The van der Waals surface area contributed by atoms with Crippen LogP contribution in [0.15, 0.2) is 41.7 Å². The first-order valence-corrected chi connectivity index (χ1v) is 8.64. The van der Waals surface area contributed by atoms with E-state index in [0.717, 1.165) is 23.1 Å². The molecule has 2 aromatic rings. The summed E-state index contributed by atoms with van der Waals surface area (Å²) in [5, 5.41) is 10.5. The van der Waals surface area contributed by atoms with Crippen LogP contribution in [-0.2, 0) is 16.7 Å². The van der Waals surface area contributed by atoms with Gasteiger partial charge >= 0.3 is 0 Å². The number of benzene rings is 1. The molecule has 1 aliphatic carbocycles. The summed E-state index contributed by atoms with van der Waals surface area (Å²) in [6, 6.07) is 8.40. The van der Waals surface area contributed by atoms with Crippen molar-refractivity contribution in [2.45, 2.75) is 25.3 Å². The fourth-order valence-electron chi connectivity index (χ4n) is 4.05. The molecule has 0 amide bonds. The molecule has 0 unspecified atom stereocenters. The zero-order valence-electron chi connectivity index (χ0n) is 14.0. The van der Waals surface area contributed by atoms with Crippen LogP contribution in [0.4, 0.5) is 0 Å². The second-order valence-electron chi connectivity index (χ2n) is 7.36. The van der Waals surface area contributed by atoms with Crippen LogP contribution in [0.2, 0.25) is 5.02 Å². The number of hydrogen-bond acceptors (Lipinski definition) is 5. The number of aliphatic hydroxyl groups is 1. The fraction of sp³-hybridized carbons (Fsp3) is 0.368. The summed E-state index contributed by atoms with van der Waals surface area (Å²) < 4.78 is 5.52. The third-order valence-corrected chi connectivity index (χ3v) is 5.36. The maximum Gasteiger partial charge on any atom is 0.283 e. The Bertz CT molecular complexity index is 869. The Morgan fingerprint density at radius 2 is 2.12 bits per heavy atom. The second-order valence-corrected chi connectivity index (χ2v) is 7.79. The molecule has 2 atom stereocenters. The summed E-state index contributed by atoms with van der Waals surface area (Å²) in [4.78, 5) is 8.81. The van der Waals surface area contributed by atoms with Crippen molar-refractivity contribution in [3.8, 4) is 11.1 Å². The number of ether oxygens (including phenoxy) is 1. The Kier molecular flexibility index (Phi) is 3.74. The van der Waals surface area contributed by atoms with Crippen LogP contribution in [0.1, 0.15) is 24.5 Å². The summed E-state index contributed by atoms with van der Waals surface area (Å²) in [5.74, 6) is 0. The Morgan fingerprint density at radius 1 is 1.28 bits per heavy atom. The number of aromatic nitrogens is 1. The van der Waals surface area contributed by atoms with E-state index in [4.69, 9.17) is 22.1 Å². The number of nitrogens with two attached hydrogens (primary N) is 1. The summed E-state index contributed by atoms with van der Waals surface area (Å²) in [6.45, 7) is 2.58. The van der Waals surface area contributed by atoms with E-state index in [2.05, 4.69) is 35.1 Å². The molecule has 0 bridgehead atoms. The van der Waals surface area contributed by atoms with Crippen molar-refractivity contribution in [1.29, 1.82) is 0 Å². The molecule has 3 N–H and O–H groups in total. The first-order chi connectivity index (χ1) is 11.9. The van der Waals surface area contributed by atoms with Crippen LogP contribution in [0.5, 0.6) is 0 Å². The zero-order valence-corrected chi connectivity index (χ0v) is 14.8. The molecule has 25 heavy (non-hydrogen) atoms. The first-order valence-electron chi connectivity index (χ1n) is 8.26. The van der Waals surface area contributed by atoms with Crippen molar-refractivity contribution < 1.29 is 9.84 Å². The molecule has 1 aromatic carbocycles. The lowest BCUT2D eigenvalue weighted by Gasteiger charge is -2.42. The first kappa shape index (κ1) is 16.4. The van der Waals surface area contributed by atoms with Gasteiger partial charge in [-0.1, -0.05) is 30.7 Å². The summed E-state index contributed by atoms with van der Waals surface area (Å²) >= 11 is 6.09.